The van der Waals surface area contributed by atoms with Crippen LogP contribution in [0.15, 0.2) is 51.8 Å². The molecule has 8 heteroatoms. The Morgan fingerprint density at radius 3 is 2.92 bits per heavy atom. The highest BCUT2D eigenvalue weighted by molar-refractivity contribution is 5.96. The molecule has 0 spiro atoms. The van der Waals surface area contributed by atoms with E-state index in [-0.39, 0.29) is 23.8 Å². The molecule has 1 aliphatic carbocycles. The smallest absolute Gasteiger partial charge is 0.246 e. The summed E-state index contributed by atoms with van der Waals surface area (Å²) in [6, 6.07) is 1.78. The number of nitrogens with zero attached hydrogens (tertiary/aromatic N) is 4. The van der Waals surface area contributed by atoms with Crippen molar-refractivity contribution in [3.05, 3.63) is 58.0 Å². The SMILES string of the molecule is CN=C(C1CCOC1)N1CC2=CC(C)=C(CC(=O)N3CCc4cc(C)cnc43)CC=C2NC(=O)C1C. The molecular weight excluding hydrogens is 454 g/mol. The summed E-state index contributed by atoms with van der Waals surface area (Å²) < 4.78 is 5.61. The standard InChI is InChI=1S/C28H35N5O3/c1-17-11-21-7-9-32(27(21)30-14-17)25(34)13-20-5-6-24-23(12-18(20)2)15-33(19(3)28(35)31-24)26(29-4)22-8-10-36-16-22/h6,11-12,14,19,22H,5,7-10,13,15-16H2,1-4H3,(H,31,35). The molecule has 8 nitrogen and oxygen atoms in total. The van der Waals surface area contributed by atoms with E-state index in [2.05, 4.69) is 45.3 Å². The van der Waals surface area contributed by atoms with Crippen LogP contribution in [0.4, 0.5) is 5.82 Å². The third-order valence-electron chi connectivity index (χ3n) is 7.72. The van der Waals surface area contributed by atoms with Gasteiger partial charge in [-0.1, -0.05) is 29.4 Å². The fraction of sp³-hybridized carbons (Fsp3) is 0.500. The molecule has 1 aromatic rings. The van der Waals surface area contributed by atoms with Crippen LogP contribution in [0.2, 0.25) is 0 Å². The van der Waals surface area contributed by atoms with Gasteiger partial charge < -0.3 is 15.0 Å². The van der Waals surface area contributed by atoms with E-state index in [4.69, 9.17) is 4.74 Å². The van der Waals surface area contributed by atoms with Gasteiger partial charge in [0.15, 0.2) is 0 Å². The molecule has 2 atom stereocenters. The maximum absolute atomic E-state index is 13.3. The first-order valence-electron chi connectivity index (χ1n) is 12.8. The largest absolute Gasteiger partial charge is 0.381 e. The highest BCUT2D eigenvalue weighted by atomic mass is 16.5. The Labute approximate surface area is 212 Å². The Kier molecular flexibility index (Phi) is 6.79. The summed E-state index contributed by atoms with van der Waals surface area (Å²) >= 11 is 0. The molecule has 2 fully saturated rings. The summed E-state index contributed by atoms with van der Waals surface area (Å²) in [5.74, 6) is 1.94. The molecule has 0 saturated carbocycles. The number of carbonyl (C=O) groups excluding carboxylic acids is 2. The van der Waals surface area contributed by atoms with Crippen molar-refractivity contribution in [2.45, 2.75) is 52.5 Å². The number of anilines is 1. The molecule has 0 radical (unpaired) electrons. The van der Waals surface area contributed by atoms with Gasteiger partial charge in [-0.05, 0) is 56.7 Å². The van der Waals surface area contributed by atoms with Gasteiger partial charge in [0.05, 0.1) is 6.61 Å². The number of amides is 2. The molecule has 36 heavy (non-hydrogen) atoms. The summed E-state index contributed by atoms with van der Waals surface area (Å²) in [7, 11) is 1.79. The van der Waals surface area contributed by atoms with E-state index in [1.54, 1.807) is 7.05 Å². The van der Waals surface area contributed by atoms with Crippen LogP contribution in [0, 0.1) is 12.8 Å². The minimum atomic E-state index is -0.338. The predicted octanol–water partition coefficient (Wildman–Crippen LogP) is 3.08. The highest BCUT2D eigenvalue weighted by Crippen LogP contribution is 2.31. The molecule has 0 aromatic carbocycles. The van der Waals surface area contributed by atoms with Crippen LogP contribution in [-0.4, -0.2) is 66.9 Å². The Morgan fingerprint density at radius 2 is 2.17 bits per heavy atom. The average molecular weight is 490 g/mol. The zero-order valence-corrected chi connectivity index (χ0v) is 21.6. The number of hydrogen-bond acceptors (Lipinski definition) is 5. The molecule has 3 aliphatic heterocycles. The number of nitrogens with one attached hydrogen (secondary N) is 1. The Balaban J connectivity index is 1.39. The van der Waals surface area contributed by atoms with E-state index < -0.39 is 0 Å². The Hall–Kier alpha value is -3.26. The second kappa shape index (κ2) is 10.0. The third kappa shape index (κ3) is 4.62. The Morgan fingerprint density at radius 1 is 1.33 bits per heavy atom. The van der Waals surface area contributed by atoms with Crippen LogP contribution in [0.1, 0.15) is 44.2 Å². The van der Waals surface area contributed by atoms with Gasteiger partial charge >= 0.3 is 0 Å². The normalized spacial score (nSPS) is 24.6. The number of fused-ring (bicyclic) bond motifs is 2. The summed E-state index contributed by atoms with van der Waals surface area (Å²) in [5, 5.41) is 3.13. The molecule has 0 bridgehead atoms. The van der Waals surface area contributed by atoms with Crippen molar-refractivity contribution in [3.8, 4) is 0 Å². The fourth-order valence-corrected chi connectivity index (χ4v) is 5.60. The molecule has 2 saturated heterocycles. The van der Waals surface area contributed by atoms with E-state index >= 15 is 0 Å². The molecule has 1 aromatic heterocycles. The van der Waals surface area contributed by atoms with Crippen LogP contribution in [0.25, 0.3) is 0 Å². The van der Waals surface area contributed by atoms with E-state index in [0.29, 0.717) is 32.5 Å². The number of aryl methyl sites for hydroxylation is 1. The van der Waals surface area contributed by atoms with E-state index in [0.717, 1.165) is 64.6 Å². The lowest BCUT2D eigenvalue weighted by molar-refractivity contribution is -0.123. The minimum Gasteiger partial charge on any atom is -0.381 e. The van der Waals surface area contributed by atoms with Crippen LogP contribution in [-0.2, 0) is 20.7 Å². The van der Waals surface area contributed by atoms with Gasteiger partial charge in [-0.25, -0.2) is 4.98 Å². The van der Waals surface area contributed by atoms with Gasteiger partial charge in [0.25, 0.3) is 0 Å². The number of rotatable bonds is 3. The van der Waals surface area contributed by atoms with Crippen molar-refractivity contribution in [1.82, 2.24) is 15.2 Å². The molecule has 5 rings (SSSR count). The van der Waals surface area contributed by atoms with E-state index in [1.807, 2.05) is 24.9 Å². The molecule has 190 valence electrons. The number of amidine groups is 1. The molecular formula is C28H35N5O3. The van der Waals surface area contributed by atoms with Crippen molar-refractivity contribution < 1.29 is 14.3 Å². The number of allylic oxidation sites excluding steroid dienone is 3. The van der Waals surface area contributed by atoms with Crippen molar-refractivity contribution in [2.75, 3.05) is 38.3 Å². The second-order valence-electron chi connectivity index (χ2n) is 10.2. The van der Waals surface area contributed by atoms with Crippen molar-refractivity contribution in [1.29, 1.82) is 0 Å². The second-order valence-corrected chi connectivity index (χ2v) is 10.2. The first-order valence-corrected chi connectivity index (χ1v) is 12.8. The predicted molar refractivity (Wildman–Crippen MR) is 140 cm³/mol. The maximum atomic E-state index is 13.3. The zero-order chi connectivity index (χ0) is 25.4. The van der Waals surface area contributed by atoms with Gasteiger partial charge in [-0.2, -0.15) is 0 Å². The number of hydrogen-bond donors (Lipinski definition) is 1. The summed E-state index contributed by atoms with van der Waals surface area (Å²) in [6.07, 6.45) is 8.72. The average Bonchev–Trinajstić information content (AvgIpc) is 3.49. The first-order chi connectivity index (χ1) is 17.4. The topological polar surface area (TPSA) is 87.1 Å². The maximum Gasteiger partial charge on any atom is 0.246 e. The molecule has 4 heterocycles. The highest BCUT2D eigenvalue weighted by Gasteiger charge is 2.35. The zero-order valence-electron chi connectivity index (χ0n) is 21.6. The Bertz CT molecular complexity index is 1210. The molecule has 4 aliphatic rings. The van der Waals surface area contributed by atoms with Gasteiger partial charge in [0.2, 0.25) is 11.8 Å². The van der Waals surface area contributed by atoms with Crippen molar-refractivity contribution >= 4 is 23.5 Å². The third-order valence-corrected chi connectivity index (χ3v) is 7.72. The molecule has 2 unspecified atom stereocenters. The first kappa shape index (κ1) is 24.4. The summed E-state index contributed by atoms with van der Waals surface area (Å²) in [6.45, 7) is 8.63. The lowest BCUT2D eigenvalue weighted by Gasteiger charge is -2.31. The number of pyridine rings is 1. The number of aromatic nitrogens is 1. The molecule has 1 N–H and O–H groups in total. The quantitative estimate of drug-likeness (QED) is 0.521. The lowest BCUT2D eigenvalue weighted by Crippen LogP contribution is -2.47. The van der Waals surface area contributed by atoms with Crippen LogP contribution < -0.4 is 10.2 Å². The van der Waals surface area contributed by atoms with Crippen LogP contribution in [0.3, 0.4) is 0 Å². The monoisotopic (exact) mass is 489 g/mol. The van der Waals surface area contributed by atoms with Crippen LogP contribution in [0.5, 0.6) is 0 Å². The van der Waals surface area contributed by atoms with Crippen molar-refractivity contribution in [2.24, 2.45) is 10.9 Å². The van der Waals surface area contributed by atoms with Gasteiger partial charge in [0, 0.05) is 51.0 Å². The minimum absolute atomic E-state index is 0.0445. The fourth-order valence-electron chi connectivity index (χ4n) is 5.60. The summed E-state index contributed by atoms with van der Waals surface area (Å²) in [4.78, 5) is 39.5. The van der Waals surface area contributed by atoms with Gasteiger partial charge in [0.1, 0.15) is 17.7 Å². The van der Waals surface area contributed by atoms with E-state index in [1.165, 1.54) is 0 Å². The van der Waals surface area contributed by atoms with Gasteiger partial charge in [-0.15, -0.1) is 0 Å². The van der Waals surface area contributed by atoms with E-state index in [9.17, 15) is 9.59 Å². The number of carbonyl (C=O) groups is 2. The van der Waals surface area contributed by atoms with Crippen molar-refractivity contribution in [3.63, 3.8) is 0 Å². The van der Waals surface area contributed by atoms with Gasteiger partial charge in [-0.3, -0.25) is 19.5 Å². The molecule has 2 amide bonds. The lowest BCUT2D eigenvalue weighted by atomic mass is 10.0. The number of aliphatic imine (C=N–C) groups is 1. The number of ether oxygens (including phenoxy) is 1. The summed E-state index contributed by atoms with van der Waals surface area (Å²) in [5.41, 5.74) is 6.26. The van der Waals surface area contributed by atoms with Crippen LogP contribution >= 0.6 is 0 Å².